The van der Waals surface area contributed by atoms with E-state index in [9.17, 15) is 4.79 Å². The third-order valence-electron chi connectivity index (χ3n) is 4.54. The Morgan fingerprint density at radius 1 is 1.15 bits per heavy atom. The molecule has 0 aliphatic heterocycles. The van der Waals surface area contributed by atoms with Crippen LogP contribution in [0.2, 0.25) is 0 Å². The molecule has 0 bridgehead atoms. The molecule has 110 valence electrons. The van der Waals surface area contributed by atoms with Crippen LogP contribution in [0, 0.1) is 19.8 Å². The molecule has 2 heteroatoms. The van der Waals surface area contributed by atoms with Crippen molar-refractivity contribution in [2.75, 3.05) is 20.1 Å². The van der Waals surface area contributed by atoms with Crippen molar-refractivity contribution in [2.24, 2.45) is 5.92 Å². The van der Waals surface area contributed by atoms with E-state index in [-0.39, 0.29) is 5.78 Å². The Hall–Kier alpha value is -1.15. The van der Waals surface area contributed by atoms with E-state index in [1.165, 1.54) is 43.2 Å². The molecule has 0 unspecified atom stereocenters. The van der Waals surface area contributed by atoms with Gasteiger partial charge in [-0.1, -0.05) is 31.4 Å². The fourth-order valence-corrected chi connectivity index (χ4v) is 3.13. The Labute approximate surface area is 123 Å². The van der Waals surface area contributed by atoms with Gasteiger partial charge in [0.05, 0.1) is 6.54 Å². The Bertz CT molecular complexity index is 460. The van der Waals surface area contributed by atoms with Gasteiger partial charge in [-0.2, -0.15) is 0 Å². The quantitative estimate of drug-likeness (QED) is 0.756. The summed E-state index contributed by atoms with van der Waals surface area (Å²) >= 11 is 0. The average molecular weight is 273 g/mol. The van der Waals surface area contributed by atoms with Gasteiger partial charge in [0.2, 0.25) is 0 Å². The second-order valence-corrected chi connectivity index (χ2v) is 6.42. The van der Waals surface area contributed by atoms with Crippen LogP contribution in [-0.4, -0.2) is 30.8 Å². The number of ketones is 1. The lowest BCUT2D eigenvalue weighted by Gasteiger charge is -2.26. The maximum Gasteiger partial charge on any atom is 0.176 e. The molecule has 1 aliphatic carbocycles. The number of Topliss-reactive ketones (excluding diaryl/α,β-unsaturated/α-hetero) is 1. The molecule has 2 nitrogen and oxygen atoms in total. The standard InChI is InChI=1S/C18H27NO/c1-14-9-10-17(11-15(14)2)18(20)13-19(3)12-16-7-5-4-6-8-16/h9-11,16H,4-8,12-13H2,1-3H3. The van der Waals surface area contributed by atoms with Crippen molar-refractivity contribution >= 4 is 5.78 Å². The number of hydrogen-bond donors (Lipinski definition) is 0. The van der Waals surface area contributed by atoms with Crippen LogP contribution in [-0.2, 0) is 0 Å². The lowest BCUT2D eigenvalue weighted by atomic mass is 9.89. The van der Waals surface area contributed by atoms with Crippen molar-refractivity contribution in [2.45, 2.75) is 46.0 Å². The third kappa shape index (κ3) is 4.17. The number of aryl methyl sites for hydroxylation is 2. The molecule has 2 rings (SSSR count). The van der Waals surface area contributed by atoms with Crippen molar-refractivity contribution in [3.8, 4) is 0 Å². The molecule has 0 amide bonds. The highest BCUT2D eigenvalue weighted by Gasteiger charge is 2.17. The molecule has 0 radical (unpaired) electrons. The molecule has 1 aliphatic rings. The monoisotopic (exact) mass is 273 g/mol. The second-order valence-electron chi connectivity index (χ2n) is 6.42. The normalized spacial score (nSPS) is 16.6. The van der Waals surface area contributed by atoms with Crippen molar-refractivity contribution in [1.29, 1.82) is 0 Å². The number of benzene rings is 1. The first-order chi connectivity index (χ1) is 9.56. The summed E-state index contributed by atoms with van der Waals surface area (Å²) in [5.41, 5.74) is 3.30. The van der Waals surface area contributed by atoms with Crippen LogP contribution in [0.3, 0.4) is 0 Å². The lowest BCUT2D eigenvalue weighted by Crippen LogP contribution is -2.31. The van der Waals surface area contributed by atoms with Crippen LogP contribution in [0.5, 0.6) is 0 Å². The SMILES string of the molecule is Cc1ccc(C(=O)CN(C)CC2CCCCC2)cc1C. The largest absolute Gasteiger partial charge is 0.299 e. The van der Waals surface area contributed by atoms with E-state index >= 15 is 0 Å². The summed E-state index contributed by atoms with van der Waals surface area (Å²) in [4.78, 5) is 14.5. The minimum absolute atomic E-state index is 0.242. The highest BCUT2D eigenvalue weighted by atomic mass is 16.1. The van der Waals surface area contributed by atoms with E-state index < -0.39 is 0 Å². The maximum absolute atomic E-state index is 12.3. The van der Waals surface area contributed by atoms with E-state index in [4.69, 9.17) is 0 Å². The van der Waals surface area contributed by atoms with Crippen LogP contribution >= 0.6 is 0 Å². The Balaban J connectivity index is 1.87. The minimum atomic E-state index is 0.242. The van der Waals surface area contributed by atoms with E-state index in [2.05, 4.69) is 25.8 Å². The topological polar surface area (TPSA) is 20.3 Å². The maximum atomic E-state index is 12.3. The van der Waals surface area contributed by atoms with E-state index in [1.54, 1.807) is 0 Å². The van der Waals surface area contributed by atoms with Crippen molar-refractivity contribution < 1.29 is 4.79 Å². The molecular weight excluding hydrogens is 246 g/mol. The zero-order chi connectivity index (χ0) is 14.5. The number of likely N-dealkylation sites (N-methyl/N-ethyl adjacent to an activating group) is 1. The fraction of sp³-hybridized carbons (Fsp3) is 0.611. The molecule has 1 fully saturated rings. The molecule has 1 aromatic rings. The molecule has 0 atom stereocenters. The summed E-state index contributed by atoms with van der Waals surface area (Å²) in [6, 6.07) is 6.02. The van der Waals surface area contributed by atoms with Crippen molar-refractivity contribution in [3.63, 3.8) is 0 Å². The predicted molar refractivity (Wildman–Crippen MR) is 84.3 cm³/mol. The summed E-state index contributed by atoms with van der Waals surface area (Å²) in [6.07, 6.45) is 6.79. The van der Waals surface area contributed by atoms with Crippen LogP contribution < -0.4 is 0 Å². The van der Waals surface area contributed by atoms with Gasteiger partial charge in [0.1, 0.15) is 0 Å². The summed E-state index contributed by atoms with van der Waals surface area (Å²) in [5.74, 6) is 1.03. The molecule has 1 aromatic carbocycles. The number of nitrogens with zero attached hydrogens (tertiary/aromatic N) is 1. The Morgan fingerprint density at radius 3 is 2.50 bits per heavy atom. The number of carbonyl (C=O) groups excluding carboxylic acids is 1. The first-order valence-electron chi connectivity index (χ1n) is 7.85. The molecule has 20 heavy (non-hydrogen) atoms. The summed E-state index contributed by atoms with van der Waals surface area (Å²) in [5, 5.41) is 0. The lowest BCUT2D eigenvalue weighted by molar-refractivity contribution is 0.0932. The van der Waals surface area contributed by atoms with Gasteiger partial charge in [-0.15, -0.1) is 0 Å². The predicted octanol–water partition coefficient (Wildman–Crippen LogP) is 4.00. The fourth-order valence-electron chi connectivity index (χ4n) is 3.13. The molecule has 0 heterocycles. The summed E-state index contributed by atoms with van der Waals surface area (Å²) in [7, 11) is 2.08. The smallest absolute Gasteiger partial charge is 0.176 e. The van der Waals surface area contributed by atoms with E-state index in [0.717, 1.165) is 18.0 Å². The molecule has 1 saturated carbocycles. The molecule has 0 saturated heterocycles. The van der Waals surface area contributed by atoms with Gasteiger partial charge in [0.15, 0.2) is 5.78 Å². The number of hydrogen-bond acceptors (Lipinski definition) is 2. The molecule has 0 aromatic heterocycles. The second kappa shape index (κ2) is 7.03. The minimum Gasteiger partial charge on any atom is -0.299 e. The van der Waals surface area contributed by atoms with Crippen LogP contribution in [0.25, 0.3) is 0 Å². The summed E-state index contributed by atoms with van der Waals surface area (Å²) in [6.45, 7) is 5.76. The number of carbonyl (C=O) groups is 1. The number of rotatable bonds is 5. The van der Waals surface area contributed by atoms with Gasteiger partial charge < -0.3 is 0 Å². The van der Waals surface area contributed by atoms with Gasteiger partial charge in [0.25, 0.3) is 0 Å². The van der Waals surface area contributed by atoms with Gasteiger partial charge in [-0.05, 0) is 56.8 Å². The van der Waals surface area contributed by atoms with Crippen LogP contribution in [0.1, 0.15) is 53.6 Å². The van der Waals surface area contributed by atoms with Gasteiger partial charge in [-0.25, -0.2) is 0 Å². The van der Waals surface area contributed by atoms with Gasteiger partial charge >= 0.3 is 0 Å². The van der Waals surface area contributed by atoms with Gasteiger partial charge in [0, 0.05) is 12.1 Å². The van der Waals surface area contributed by atoms with Crippen LogP contribution in [0.4, 0.5) is 0 Å². The first-order valence-corrected chi connectivity index (χ1v) is 7.85. The van der Waals surface area contributed by atoms with Crippen LogP contribution in [0.15, 0.2) is 18.2 Å². The van der Waals surface area contributed by atoms with Crippen molar-refractivity contribution in [1.82, 2.24) is 4.90 Å². The third-order valence-corrected chi connectivity index (χ3v) is 4.54. The van der Waals surface area contributed by atoms with Crippen molar-refractivity contribution in [3.05, 3.63) is 34.9 Å². The summed E-state index contributed by atoms with van der Waals surface area (Å²) < 4.78 is 0. The van der Waals surface area contributed by atoms with E-state index in [1.807, 2.05) is 18.2 Å². The molecule has 0 spiro atoms. The molecular formula is C18H27NO. The Morgan fingerprint density at radius 2 is 1.85 bits per heavy atom. The van der Waals surface area contributed by atoms with Gasteiger partial charge in [-0.3, -0.25) is 9.69 Å². The first kappa shape index (κ1) is 15.2. The highest BCUT2D eigenvalue weighted by Crippen LogP contribution is 2.24. The Kier molecular flexibility index (Phi) is 5.36. The zero-order valence-electron chi connectivity index (χ0n) is 13.1. The zero-order valence-corrected chi connectivity index (χ0v) is 13.1. The molecule has 0 N–H and O–H groups in total. The highest BCUT2D eigenvalue weighted by molar-refractivity contribution is 5.97. The average Bonchev–Trinajstić information content (AvgIpc) is 2.42. The van der Waals surface area contributed by atoms with E-state index in [0.29, 0.717) is 6.54 Å².